The van der Waals surface area contributed by atoms with Gasteiger partial charge >= 0.3 is 0 Å². The van der Waals surface area contributed by atoms with E-state index in [4.69, 9.17) is 0 Å². The van der Waals surface area contributed by atoms with Gasteiger partial charge in [0.2, 0.25) is 0 Å². The molecule has 0 fully saturated rings. The minimum absolute atomic E-state index is 0.237. The Morgan fingerprint density at radius 3 is 2.95 bits per heavy atom. The predicted molar refractivity (Wildman–Crippen MR) is 77.4 cm³/mol. The molecule has 0 aliphatic carbocycles. The molecule has 102 valence electrons. The van der Waals surface area contributed by atoms with Crippen LogP contribution in [0.3, 0.4) is 0 Å². The molecule has 0 unspecified atom stereocenters. The Morgan fingerprint density at radius 1 is 1.42 bits per heavy atom. The van der Waals surface area contributed by atoms with Crippen LogP contribution in [-0.4, -0.2) is 15.6 Å². The van der Waals surface area contributed by atoms with Crippen molar-refractivity contribution in [3.05, 3.63) is 52.3 Å². The van der Waals surface area contributed by atoms with Gasteiger partial charge in [0, 0.05) is 25.3 Å². The SMILES string of the molecule is CC(C)NCc1cn(Cc2cccc(F)c2Br)cn1. The number of imidazole rings is 1. The second-order valence-corrected chi connectivity index (χ2v) is 5.58. The summed E-state index contributed by atoms with van der Waals surface area (Å²) in [4.78, 5) is 4.33. The number of aromatic nitrogens is 2. The molecule has 19 heavy (non-hydrogen) atoms. The van der Waals surface area contributed by atoms with Crippen molar-refractivity contribution in [3.8, 4) is 0 Å². The normalized spacial score (nSPS) is 11.2. The van der Waals surface area contributed by atoms with E-state index >= 15 is 0 Å². The molecule has 0 radical (unpaired) electrons. The number of hydrogen-bond donors (Lipinski definition) is 1. The van der Waals surface area contributed by atoms with Crippen molar-refractivity contribution in [2.24, 2.45) is 0 Å². The van der Waals surface area contributed by atoms with Crippen molar-refractivity contribution >= 4 is 15.9 Å². The van der Waals surface area contributed by atoms with Gasteiger partial charge in [-0.1, -0.05) is 26.0 Å². The number of nitrogens with one attached hydrogen (secondary N) is 1. The molecule has 5 heteroatoms. The molecular weight excluding hydrogens is 309 g/mol. The monoisotopic (exact) mass is 325 g/mol. The highest BCUT2D eigenvalue weighted by molar-refractivity contribution is 9.10. The van der Waals surface area contributed by atoms with Crippen LogP contribution in [0.4, 0.5) is 4.39 Å². The highest BCUT2D eigenvalue weighted by Gasteiger charge is 2.06. The van der Waals surface area contributed by atoms with Gasteiger partial charge < -0.3 is 9.88 Å². The van der Waals surface area contributed by atoms with E-state index in [1.54, 1.807) is 12.4 Å². The Balaban J connectivity index is 2.05. The molecule has 1 heterocycles. The first-order valence-corrected chi connectivity index (χ1v) is 7.02. The van der Waals surface area contributed by atoms with Crippen molar-refractivity contribution in [2.45, 2.75) is 33.0 Å². The van der Waals surface area contributed by atoms with Crippen LogP contribution in [-0.2, 0) is 13.1 Å². The lowest BCUT2D eigenvalue weighted by atomic mass is 10.2. The minimum Gasteiger partial charge on any atom is -0.333 e. The zero-order chi connectivity index (χ0) is 13.8. The first kappa shape index (κ1) is 14.2. The summed E-state index contributed by atoms with van der Waals surface area (Å²) < 4.78 is 15.9. The topological polar surface area (TPSA) is 29.9 Å². The Morgan fingerprint density at radius 2 is 2.21 bits per heavy atom. The van der Waals surface area contributed by atoms with Crippen molar-refractivity contribution in [1.82, 2.24) is 14.9 Å². The van der Waals surface area contributed by atoms with Gasteiger partial charge in [-0.25, -0.2) is 9.37 Å². The zero-order valence-electron chi connectivity index (χ0n) is 11.0. The van der Waals surface area contributed by atoms with Crippen LogP contribution in [0, 0.1) is 5.82 Å². The van der Waals surface area contributed by atoms with Gasteiger partial charge in [-0.2, -0.15) is 0 Å². The fraction of sp³-hybridized carbons (Fsp3) is 0.357. The molecule has 0 aliphatic heterocycles. The lowest BCUT2D eigenvalue weighted by molar-refractivity contribution is 0.582. The molecule has 1 aromatic carbocycles. The fourth-order valence-electron chi connectivity index (χ4n) is 1.76. The Hall–Kier alpha value is -1.20. The van der Waals surface area contributed by atoms with Crippen molar-refractivity contribution in [1.29, 1.82) is 0 Å². The second kappa shape index (κ2) is 6.30. The first-order chi connectivity index (χ1) is 9.06. The third kappa shape index (κ3) is 3.88. The highest BCUT2D eigenvalue weighted by Crippen LogP contribution is 2.21. The molecule has 3 nitrogen and oxygen atoms in total. The maximum absolute atomic E-state index is 13.4. The third-order valence-corrected chi connectivity index (χ3v) is 3.65. The van der Waals surface area contributed by atoms with Gasteiger partial charge in [-0.3, -0.25) is 0 Å². The Labute approximate surface area is 121 Å². The summed E-state index contributed by atoms with van der Waals surface area (Å²) >= 11 is 3.27. The molecule has 2 rings (SSSR count). The first-order valence-electron chi connectivity index (χ1n) is 6.23. The minimum atomic E-state index is -0.237. The second-order valence-electron chi connectivity index (χ2n) is 4.79. The molecule has 0 bridgehead atoms. The maximum Gasteiger partial charge on any atom is 0.137 e. The number of rotatable bonds is 5. The fourth-order valence-corrected chi connectivity index (χ4v) is 2.15. The molecule has 0 amide bonds. The number of halogens is 2. The molecule has 1 aromatic heterocycles. The summed E-state index contributed by atoms with van der Waals surface area (Å²) in [5, 5.41) is 3.31. The van der Waals surface area contributed by atoms with E-state index in [1.807, 2.05) is 16.8 Å². The quantitative estimate of drug-likeness (QED) is 0.913. The van der Waals surface area contributed by atoms with Crippen LogP contribution in [0.15, 0.2) is 35.2 Å². The summed E-state index contributed by atoms with van der Waals surface area (Å²) in [5.74, 6) is -0.237. The van der Waals surface area contributed by atoms with Crippen LogP contribution in [0.2, 0.25) is 0 Å². The predicted octanol–water partition coefficient (Wildman–Crippen LogP) is 3.33. The van der Waals surface area contributed by atoms with E-state index in [9.17, 15) is 4.39 Å². The average molecular weight is 326 g/mol. The number of benzene rings is 1. The molecule has 0 spiro atoms. The molecule has 1 N–H and O–H groups in total. The summed E-state index contributed by atoms with van der Waals surface area (Å²) in [6.07, 6.45) is 3.75. The van der Waals surface area contributed by atoms with Gasteiger partial charge in [0.15, 0.2) is 0 Å². The molecule has 0 saturated heterocycles. The lowest BCUT2D eigenvalue weighted by Gasteiger charge is -2.06. The molecule has 0 aliphatic rings. The van der Waals surface area contributed by atoms with Gasteiger partial charge in [0.1, 0.15) is 5.82 Å². The van der Waals surface area contributed by atoms with Gasteiger partial charge in [0.25, 0.3) is 0 Å². The van der Waals surface area contributed by atoms with Crippen LogP contribution >= 0.6 is 15.9 Å². The number of nitrogens with zero attached hydrogens (tertiary/aromatic N) is 2. The summed E-state index contributed by atoms with van der Waals surface area (Å²) in [6.45, 7) is 5.55. The van der Waals surface area contributed by atoms with E-state index in [2.05, 4.69) is 40.1 Å². The van der Waals surface area contributed by atoms with E-state index in [0.717, 1.165) is 17.8 Å². The largest absolute Gasteiger partial charge is 0.333 e. The van der Waals surface area contributed by atoms with E-state index in [0.29, 0.717) is 17.1 Å². The van der Waals surface area contributed by atoms with E-state index in [-0.39, 0.29) is 5.82 Å². The van der Waals surface area contributed by atoms with Gasteiger partial charge in [-0.15, -0.1) is 0 Å². The lowest BCUT2D eigenvalue weighted by Crippen LogP contribution is -2.21. The van der Waals surface area contributed by atoms with Crippen LogP contribution in [0.1, 0.15) is 25.1 Å². The standard InChI is InChI=1S/C14H17BrFN3/c1-10(2)17-6-12-8-19(9-18-12)7-11-4-3-5-13(16)14(11)15/h3-5,8-10,17H,6-7H2,1-2H3. The van der Waals surface area contributed by atoms with Crippen LogP contribution in [0.25, 0.3) is 0 Å². The van der Waals surface area contributed by atoms with Gasteiger partial charge in [0.05, 0.1) is 16.5 Å². The summed E-state index contributed by atoms with van der Waals surface area (Å²) in [5.41, 5.74) is 1.89. The van der Waals surface area contributed by atoms with Crippen molar-refractivity contribution in [2.75, 3.05) is 0 Å². The van der Waals surface area contributed by atoms with E-state index < -0.39 is 0 Å². The van der Waals surface area contributed by atoms with E-state index in [1.165, 1.54) is 6.07 Å². The summed E-state index contributed by atoms with van der Waals surface area (Å²) in [6, 6.07) is 5.49. The number of hydrogen-bond acceptors (Lipinski definition) is 2. The zero-order valence-corrected chi connectivity index (χ0v) is 12.6. The molecule has 2 aromatic rings. The van der Waals surface area contributed by atoms with Crippen LogP contribution in [0.5, 0.6) is 0 Å². The summed E-state index contributed by atoms with van der Waals surface area (Å²) in [7, 11) is 0. The maximum atomic E-state index is 13.4. The highest BCUT2D eigenvalue weighted by atomic mass is 79.9. The Bertz CT molecular complexity index is 551. The molecule has 0 saturated carbocycles. The van der Waals surface area contributed by atoms with Crippen LogP contribution < -0.4 is 5.32 Å². The molecular formula is C14H17BrFN3. The Kier molecular flexibility index (Phi) is 4.71. The smallest absolute Gasteiger partial charge is 0.137 e. The third-order valence-electron chi connectivity index (χ3n) is 2.76. The van der Waals surface area contributed by atoms with Gasteiger partial charge in [-0.05, 0) is 27.6 Å². The van der Waals surface area contributed by atoms with Crippen molar-refractivity contribution in [3.63, 3.8) is 0 Å². The molecule has 0 atom stereocenters. The van der Waals surface area contributed by atoms with Crippen molar-refractivity contribution < 1.29 is 4.39 Å². The average Bonchev–Trinajstić information content (AvgIpc) is 2.80.